The van der Waals surface area contributed by atoms with Gasteiger partial charge in [0, 0.05) is 24.9 Å². The van der Waals surface area contributed by atoms with Crippen LogP contribution in [0.5, 0.6) is 0 Å². The third kappa shape index (κ3) is 2.62. The maximum atomic E-state index is 12.6. The van der Waals surface area contributed by atoms with Gasteiger partial charge in [-0.1, -0.05) is 30.4 Å². The van der Waals surface area contributed by atoms with E-state index < -0.39 is 0 Å². The highest BCUT2D eigenvalue weighted by Gasteiger charge is 2.33. The van der Waals surface area contributed by atoms with Crippen LogP contribution in [0.15, 0.2) is 43.1 Å². The SMILES string of the molecule is C=CCCC(C(=C)NC)N1Cc2cc(C)ccc2C1=O. The molecular formula is C17H22N2O. The van der Waals surface area contributed by atoms with Crippen LogP contribution in [0, 0.1) is 6.92 Å². The normalized spacial score (nSPS) is 14.9. The van der Waals surface area contributed by atoms with Crippen LogP contribution < -0.4 is 5.32 Å². The van der Waals surface area contributed by atoms with Crippen molar-refractivity contribution in [1.29, 1.82) is 0 Å². The number of aryl methyl sites for hydroxylation is 1. The van der Waals surface area contributed by atoms with Crippen molar-refractivity contribution in [2.45, 2.75) is 32.4 Å². The van der Waals surface area contributed by atoms with Crippen molar-refractivity contribution in [3.63, 3.8) is 0 Å². The van der Waals surface area contributed by atoms with Crippen LogP contribution >= 0.6 is 0 Å². The largest absolute Gasteiger partial charge is 0.390 e. The predicted molar refractivity (Wildman–Crippen MR) is 82.5 cm³/mol. The van der Waals surface area contributed by atoms with Gasteiger partial charge in [-0.25, -0.2) is 0 Å². The monoisotopic (exact) mass is 270 g/mol. The highest BCUT2D eigenvalue weighted by atomic mass is 16.2. The number of fused-ring (bicyclic) bond motifs is 1. The summed E-state index contributed by atoms with van der Waals surface area (Å²) in [7, 11) is 1.85. The van der Waals surface area contributed by atoms with E-state index in [9.17, 15) is 4.79 Å². The van der Waals surface area contributed by atoms with Crippen molar-refractivity contribution in [3.05, 3.63) is 59.8 Å². The van der Waals surface area contributed by atoms with Crippen molar-refractivity contribution in [2.24, 2.45) is 0 Å². The molecular weight excluding hydrogens is 248 g/mol. The molecule has 106 valence electrons. The minimum atomic E-state index is 0.0122. The van der Waals surface area contributed by atoms with Crippen molar-refractivity contribution < 1.29 is 4.79 Å². The summed E-state index contributed by atoms with van der Waals surface area (Å²) in [4.78, 5) is 14.5. The molecule has 0 saturated heterocycles. The zero-order chi connectivity index (χ0) is 14.7. The van der Waals surface area contributed by atoms with E-state index in [0.29, 0.717) is 6.54 Å². The highest BCUT2D eigenvalue weighted by Crippen LogP contribution is 2.28. The van der Waals surface area contributed by atoms with Gasteiger partial charge in [-0.05, 0) is 31.4 Å². The number of rotatable bonds is 6. The molecule has 0 aromatic heterocycles. The first-order valence-corrected chi connectivity index (χ1v) is 6.96. The van der Waals surface area contributed by atoms with Crippen molar-refractivity contribution >= 4 is 5.91 Å². The molecule has 2 rings (SSSR count). The van der Waals surface area contributed by atoms with Gasteiger partial charge >= 0.3 is 0 Å². The third-order valence-corrected chi connectivity index (χ3v) is 3.84. The molecule has 20 heavy (non-hydrogen) atoms. The lowest BCUT2D eigenvalue weighted by Gasteiger charge is -2.29. The van der Waals surface area contributed by atoms with Gasteiger partial charge in [0.15, 0.2) is 0 Å². The lowest BCUT2D eigenvalue weighted by Crippen LogP contribution is -2.39. The number of hydrogen-bond donors (Lipinski definition) is 1. The number of likely N-dealkylation sites (N-methyl/N-ethyl adjacent to an activating group) is 1. The summed E-state index contributed by atoms with van der Waals surface area (Å²) >= 11 is 0. The standard InChI is InChI=1S/C17H22N2O/c1-5-6-7-16(13(3)18-4)19-11-14-10-12(2)8-9-15(14)17(19)20/h5,8-10,16,18H,1,3,6-7,11H2,2,4H3. The smallest absolute Gasteiger partial charge is 0.255 e. The molecule has 1 aromatic carbocycles. The number of nitrogens with zero attached hydrogens (tertiary/aromatic N) is 1. The van der Waals surface area contributed by atoms with Crippen LogP contribution in [0.2, 0.25) is 0 Å². The minimum absolute atomic E-state index is 0.0122. The Morgan fingerprint density at radius 3 is 2.95 bits per heavy atom. The topological polar surface area (TPSA) is 32.3 Å². The number of carbonyl (C=O) groups is 1. The zero-order valence-electron chi connectivity index (χ0n) is 12.3. The van der Waals surface area contributed by atoms with Gasteiger partial charge < -0.3 is 10.2 Å². The van der Waals surface area contributed by atoms with Gasteiger partial charge in [0.1, 0.15) is 0 Å². The summed E-state index contributed by atoms with van der Waals surface area (Å²) in [6.07, 6.45) is 3.60. The number of benzene rings is 1. The van der Waals surface area contributed by atoms with Crippen LogP contribution in [0.3, 0.4) is 0 Å². The van der Waals surface area contributed by atoms with Gasteiger partial charge in [0.25, 0.3) is 5.91 Å². The third-order valence-electron chi connectivity index (χ3n) is 3.84. The van der Waals surface area contributed by atoms with Gasteiger partial charge in [0.2, 0.25) is 0 Å². The summed E-state index contributed by atoms with van der Waals surface area (Å²) in [5.74, 6) is 0.102. The summed E-state index contributed by atoms with van der Waals surface area (Å²) in [6.45, 7) is 10.5. The Morgan fingerprint density at radius 2 is 2.30 bits per heavy atom. The molecule has 1 unspecified atom stereocenters. The second-order valence-corrected chi connectivity index (χ2v) is 5.25. The lowest BCUT2D eigenvalue weighted by atomic mass is 10.1. The number of hydrogen-bond acceptors (Lipinski definition) is 2. The molecule has 1 aliphatic rings. The molecule has 0 aliphatic carbocycles. The van der Waals surface area contributed by atoms with E-state index >= 15 is 0 Å². The molecule has 0 bridgehead atoms. The molecule has 1 aromatic rings. The maximum absolute atomic E-state index is 12.6. The second-order valence-electron chi connectivity index (χ2n) is 5.25. The van der Waals surface area contributed by atoms with Crippen LogP contribution in [-0.2, 0) is 6.54 Å². The maximum Gasteiger partial charge on any atom is 0.255 e. The van der Waals surface area contributed by atoms with Crippen molar-refractivity contribution in [1.82, 2.24) is 10.2 Å². The summed E-state index contributed by atoms with van der Waals surface area (Å²) in [5.41, 5.74) is 4.00. The van der Waals surface area contributed by atoms with Crippen LogP contribution in [0.4, 0.5) is 0 Å². The summed E-state index contributed by atoms with van der Waals surface area (Å²) in [5, 5.41) is 3.09. The molecule has 1 heterocycles. The number of amides is 1. The Morgan fingerprint density at radius 1 is 1.55 bits per heavy atom. The molecule has 0 fully saturated rings. The molecule has 1 amide bonds. The lowest BCUT2D eigenvalue weighted by molar-refractivity contribution is 0.0719. The summed E-state index contributed by atoms with van der Waals surface area (Å²) in [6, 6.07) is 6.03. The Bertz CT molecular complexity index is 548. The van der Waals surface area contributed by atoms with Gasteiger partial charge in [0.05, 0.1) is 6.04 Å². The quantitative estimate of drug-likeness (QED) is 0.806. The molecule has 1 atom stereocenters. The first-order chi connectivity index (χ1) is 9.58. The number of carbonyl (C=O) groups excluding carboxylic acids is 1. The van der Waals surface area contributed by atoms with E-state index in [1.807, 2.05) is 30.2 Å². The molecule has 3 nitrogen and oxygen atoms in total. The zero-order valence-corrected chi connectivity index (χ0v) is 12.3. The van der Waals surface area contributed by atoms with Crippen LogP contribution in [0.1, 0.15) is 34.3 Å². The van der Waals surface area contributed by atoms with Crippen LogP contribution in [-0.4, -0.2) is 23.9 Å². The average Bonchev–Trinajstić information content (AvgIpc) is 2.75. The van der Waals surface area contributed by atoms with Crippen molar-refractivity contribution in [2.75, 3.05) is 7.05 Å². The Kier molecular flexibility index (Phi) is 4.28. The highest BCUT2D eigenvalue weighted by molar-refractivity contribution is 5.98. The van der Waals surface area contributed by atoms with E-state index in [0.717, 1.165) is 29.7 Å². The molecule has 0 spiro atoms. The fourth-order valence-electron chi connectivity index (χ4n) is 2.68. The predicted octanol–water partition coefficient (Wildman–Crippen LogP) is 3.02. The Balaban J connectivity index is 2.26. The first kappa shape index (κ1) is 14.4. The summed E-state index contributed by atoms with van der Waals surface area (Å²) < 4.78 is 0. The number of allylic oxidation sites excluding steroid dienone is 1. The molecule has 1 N–H and O–H groups in total. The van der Waals surface area contributed by atoms with Gasteiger partial charge in [-0.15, -0.1) is 6.58 Å². The second kappa shape index (κ2) is 5.95. The minimum Gasteiger partial charge on any atom is -0.390 e. The Hall–Kier alpha value is -2.03. The number of nitrogens with one attached hydrogen (secondary N) is 1. The van der Waals surface area contributed by atoms with Crippen molar-refractivity contribution in [3.8, 4) is 0 Å². The fraction of sp³-hybridized carbons (Fsp3) is 0.353. The average molecular weight is 270 g/mol. The molecule has 0 radical (unpaired) electrons. The van der Waals surface area contributed by atoms with E-state index in [2.05, 4.69) is 31.5 Å². The van der Waals surface area contributed by atoms with Gasteiger partial charge in [-0.2, -0.15) is 0 Å². The van der Waals surface area contributed by atoms with Crippen LogP contribution in [0.25, 0.3) is 0 Å². The fourth-order valence-corrected chi connectivity index (χ4v) is 2.68. The van der Waals surface area contributed by atoms with E-state index in [1.54, 1.807) is 0 Å². The molecule has 0 saturated carbocycles. The first-order valence-electron chi connectivity index (χ1n) is 6.96. The van der Waals surface area contributed by atoms with Gasteiger partial charge in [-0.3, -0.25) is 4.79 Å². The van der Waals surface area contributed by atoms with E-state index in [1.165, 1.54) is 5.56 Å². The Labute approximate surface area is 121 Å². The molecule has 1 aliphatic heterocycles. The van der Waals surface area contributed by atoms with E-state index in [4.69, 9.17) is 0 Å². The molecule has 3 heteroatoms. The van der Waals surface area contributed by atoms with E-state index in [-0.39, 0.29) is 11.9 Å².